The van der Waals surface area contributed by atoms with Gasteiger partial charge in [-0.2, -0.15) is 0 Å². The second-order valence-electron chi connectivity index (χ2n) is 3.54. The van der Waals surface area contributed by atoms with Gasteiger partial charge in [0.05, 0.1) is 5.69 Å². The molecule has 0 spiro atoms. The van der Waals surface area contributed by atoms with Crippen LogP contribution < -0.4 is 0 Å². The SMILES string of the molecule is CCc1cc([C@@H]2C=CCCC2)on1. The average Bonchev–Trinajstić information content (AvgIpc) is 2.67. The minimum atomic E-state index is 0.474. The van der Waals surface area contributed by atoms with Crippen molar-refractivity contribution in [2.75, 3.05) is 0 Å². The highest BCUT2D eigenvalue weighted by Gasteiger charge is 2.15. The van der Waals surface area contributed by atoms with Crippen LogP contribution in [0.4, 0.5) is 0 Å². The molecule has 0 aliphatic heterocycles. The Labute approximate surface area is 78.6 Å². The van der Waals surface area contributed by atoms with Crippen molar-refractivity contribution in [2.24, 2.45) is 0 Å². The second-order valence-corrected chi connectivity index (χ2v) is 3.54. The summed E-state index contributed by atoms with van der Waals surface area (Å²) in [6.07, 6.45) is 9.12. The molecule has 0 saturated heterocycles. The predicted octanol–water partition coefficient (Wildman–Crippen LogP) is 3.06. The molecule has 1 aromatic heterocycles. The van der Waals surface area contributed by atoms with Gasteiger partial charge in [-0.15, -0.1) is 0 Å². The van der Waals surface area contributed by atoms with E-state index in [1.165, 1.54) is 19.3 Å². The molecule has 1 aliphatic rings. The summed E-state index contributed by atoms with van der Waals surface area (Å²) in [5.74, 6) is 1.51. The molecule has 0 N–H and O–H groups in total. The maximum atomic E-state index is 5.29. The summed E-state index contributed by atoms with van der Waals surface area (Å²) in [5, 5.41) is 4.00. The molecule has 0 amide bonds. The van der Waals surface area contributed by atoms with Crippen LogP contribution in [0, 0.1) is 0 Å². The van der Waals surface area contributed by atoms with Crippen LogP contribution in [0.25, 0.3) is 0 Å². The molecule has 1 atom stereocenters. The van der Waals surface area contributed by atoms with Gasteiger partial charge < -0.3 is 4.52 Å². The standard InChI is InChI=1S/C11H15NO/c1-2-10-8-11(13-12-10)9-6-4-3-5-7-9/h4,6,8-9H,2-3,5,7H2,1H3/t9-/m1/s1. The Morgan fingerprint density at radius 1 is 1.62 bits per heavy atom. The van der Waals surface area contributed by atoms with Gasteiger partial charge >= 0.3 is 0 Å². The number of allylic oxidation sites excluding steroid dienone is 2. The quantitative estimate of drug-likeness (QED) is 0.649. The zero-order valence-electron chi connectivity index (χ0n) is 7.99. The van der Waals surface area contributed by atoms with Gasteiger partial charge in [-0.3, -0.25) is 0 Å². The van der Waals surface area contributed by atoms with E-state index >= 15 is 0 Å². The van der Waals surface area contributed by atoms with E-state index in [4.69, 9.17) is 4.52 Å². The Morgan fingerprint density at radius 3 is 3.15 bits per heavy atom. The molecule has 0 fully saturated rings. The predicted molar refractivity (Wildman–Crippen MR) is 51.6 cm³/mol. The smallest absolute Gasteiger partial charge is 0.143 e. The van der Waals surface area contributed by atoms with E-state index in [0.717, 1.165) is 17.9 Å². The molecule has 1 heterocycles. The Hall–Kier alpha value is -1.05. The van der Waals surface area contributed by atoms with Gasteiger partial charge in [-0.1, -0.05) is 24.2 Å². The highest BCUT2D eigenvalue weighted by atomic mass is 16.5. The van der Waals surface area contributed by atoms with E-state index in [1.807, 2.05) is 0 Å². The van der Waals surface area contributed by atoms with Crippen molar-refractivity contribution in [3.8, 4) is 0 Å². The fourth-order valence-corrected chi connectivity index (χ4v) is 1.72. The van der Waals surface area contributed by atoms with Crippen LogP contribution in [0.1, 0.15) is 43.6 Å². The first kappa shape index (κ1) is 8.54. The third-order valence-corrected chi connectivity index (χ3v) is 2.56. The minimum absolute atomic E-state index is 0.474. The number of nitrogens with zero attached hydrogens (tertiary/aromatic N) is 1. The lowest BCUT2D eigenvalue weighted by Crippen LogP contribution is -1.97. The lowest BCUT2D eigenvalue weighted by Gasteiger charge is -2.11. The average molecular weight is 177 g/mol. The maximum Gasteiger partial charge on any atom is 0.143 e. The number of hydrogen-bond donors (Lipinski definition) is 0. The molecule has 2 heteroatoms. The molecule has 13 heavy (non-hydrogen) atoms. The zero-order chi connectivity index (χ0) is 9.10. The molecule has 2 nitrogen and oxygen atoms in total. The first-order valence-corrected chi connectivity index (χ1v) is 5.02. The van der Waals surface area contributed by atoms with E-state index in [2.05, 4.69) is 30.3 Å². The molecule has 1 aromatic rings. The third-order valence-electron chi connectivity index (χ3n) is 2.56. The molecule has 70 valence electrons. The molecule has 2 rings (SSSR count). The first-order chi connectivity index (χ1) is 6.40. The van der Waals surface area contributed by atoms with Crippen molar-refractivity contribution in [1.82, 2.24) is 5.16 Å². The Kier molecular flexibility index (Phi) is 2.48. The van der Waals surface area contributed by atoms with E-state index in [-0.39, 0.29) is 0 Å². The lowest BCUT2D eigenvalue weighted by atomic mass is 9.93. The second kappa shape index (κ2) is 3.77. The first-order valence-electron chi connectivity index (χ1n) is 5.02. The van der Waals surface area contributed by atoms with Crippen molar-refractivity contribution in [2.45, 2.75) is 38.5 Å². The van der Waals surface area contributed by atoms with Crippen molar-refractivity contribution >= 4 is 0 Å². The van der Waals surface area contributed by atoms with Crippen LogP contribution in [-0.2, 0) is 6.42 Å². The van der Waals surface area contributed by atoms with Crippen molar-refractivity contribution in [3.63, 3.8) is 0 Å². The molecular formula is C11H15NO. The molecular weight excluding hydrogens is 162 g/mol. The molecule has 0 bridgehead atoms. The number of aryl methyl sites for hydroxylation is 1. The Bertz CT molecular complexity index is 301. The molecule has 1 aliphatic carbocycles. The monoisotopic (exact) mass is 177 g/mol. The molecule has 0 saturated carbocycles. The molecule has 0 aromatic carbocycles. The van der Waals surface area contributed by atoms with Crippen LogP contribution >= 0.6 is 0 Å². The zero-order valence-corrected chi connectivity index (χ0v) is 7.99. The third kappa shape index (κ3) is 1.82. The lowest BCUT2D eigenvalue weighted by molar-refractivity contribution is 0.360. The van der Waals surface area contributed by atoms with E-state index in [1.54, 1.807) is 0 Å². The fourth-order valence-electron chi connectivity index (χ4n) is 1.72. The van der Waals surface area contributed by atoms with Crippen LogP contribution in [0.5, 0.6) is 0 Å². The topological polar surface area (TPSA) is 26.0 Å². The number of hydrogen-bond acceptors (Lipinski definition) is 2. The van der Waals surface area contributed by atoms with Gasteiger partial charge in [-0.05, 0) is 25.7 Å². The summed E-state index contributed by atoms with van der Waals surface area (Å²) < 4.78 is 5.29. The minimum Gasteiger partial charge on any atom is -0.361 e. The fraction of sp³-hybridized carbons (Fsp3) is 0.545. The van der Waals surface area contributed by atoms with Gasteiger partial charge in [-0.25, -0.2) is 0 Å². The van der Waals surface area contributed by atoms with Crippen LogP contribution in [0.3, 0.4) is 0 Å². The summed E-state index contributed by atoms with van der Waals surface area (Å²) in [6, 6.07) is 2.08. The van der Waals surface area contributed by atoms with E-state index in [0.29, 0.717) is 5.92 Å². The van der Waals surface area contributed by atoms with Crippen molar-refractivity contribution in [1.29, 1.82) is 0 Å². The van der Waals surface area contributed by atoms with Crippen LogP contribution in [0.2, 0.25) is 0 Å². The van der Waals surface area contributed by atoms with Gasteiger partial charge in [0, 0.05) is 12.0 Å². The molecule has 0 unspecified atom stereocenters. The Balaban J connectivity index is 2.14. The van der Waals surface area contributed by atoms with E-state index in [9.17, 15) is 0 Å². The Morgan fingerprint density at radius 2 is 2.54 bits per heavy atom. The highest BCUT2D eigenvalue weighted by Crippen LogP contribution is 2.27. The summed E-state index contributed by atoms with van der Waals surface area (Å²) in [4.78, 5) is 0. The number of rotatable bonds is 2. The number of aromatic nitrogens is 1. The summed E-state index contributed by atoms with van der Waals surface area (Å²) >= 11 is 0. The summed E-state index contributed by atoms with van der Waals surface area (Å²) in [6.45, 7) is 2.10. The van der Waals surface area contributed by atoms with Gasteiger partial charge in [0.2, 0.25) is 0 Å². The normalized spacial score (nSPS) is 22.1. The van der Waals surface area contributed by atoms with Gasteiger partial charge in [0.15, 0.2) is 0 Å². The largest absolute Gasteiger partial charge is 0.361 e. The van der Waals surface area contributed by atoms with Gasteiger partial charge in [0.25, 0.3) is 0 Å². The van der Waals surface area contributed by atoms with E-state index < -0.39 is 0 Å². The van der Waals surface area contributed by atoms with Crippen LogP contribution in [0.15, 0.2) is 22.7 Å². The van der Waals surface area contributed by atoms with Crippen molar-refractivity contribution in [3.05, 3.63) is 29.7 Å². The summed E-state index contributed by atoms with van der Waals surface area (Å²) in [7, 11) is 0. The maximum absolute atomic E-state index is 5.29. The highest BCUT2D eigenvalue weighted by molar-refractivity contribution is 5.16. The molecule has 0 radical (unpaired) electrons. The van der Waals surface area contributed by atoms with Crippen LogP contribution in [-0.4, -0.2) is 5.16 Å². The van der Waals surface area contributed by atoms with Crippen molar-refractivity contribution < 1.29 is 4.52 Å². The van der Waals surface area contributed by atoms with Gasteiger partial charge in [0.1, 0.15) is 5.76 Å². The summed E-state index contributed by atoms with van der Waals surface area (Å²) in [5.41, 5.74) is 1.06.